The Kier molecular flexibility index (Phi) is 5.61. The van der Waals surface area contributed by atoms with Crippen molar-refractivity contribution in [2.75, 3.05) is 4.72 Å². The zero-order chi connectivity index (χ0) is 22.3. The molecule has 6 nitrogen and oxygen atoms in total. The number of alkyl halides is 3. The molecule has 0 spiro atoms. The molecule has 2 aromatic carbocycles. The van der Waals surface area contributed by atoms with Gasteiger partial charge in [-0.2, -0.15) is 18.3 Å². The first-order valence-corrected chi connectivity index (χ1v) is 9.99. The van der Waals surface area contributed by atoms with Gasteiger partial charge in [0.15, 0.2) is 0 Å². The lowest BCUT2D eigenvalue weighted by Crippen LogP contribution is -2.23. The molecule has 0 saturated carbocycles. The van der Waals surface area contributed by atoms with Crippen molar-refractivity contribution >= 4 is 27.3 Å². The molecule has 3 rings (SSSR count). The molecule has 0 aliphatic carbocycles. The van der Waals surface area contributed by atoms with Crippen LogP contribution in [0, 0.1) is 5.82 Å². The Morgan fingerprint density at radius 1 is 1.10 bits per heavy atom. The second kappa shape index (κ2) is 7.73. The molecule has 0 atom stereocenters. The normalized spacial score (nSPS) is 12.1. The molecule has 0 aliphatic heterocycles. The number of aromatic nitrogens is 2. The molecular weight excluding hydrogens is 450 g/mol. The number of aryl methyl sites for hydroxylation is 1. The van der Waals surface area contributed by atoms with E-state index in [-0.39, 0.29) is 11.8 Å². The van der Waals surface area contributed by atoms with Crippen LogP contribution in [0.2, 0.25) is 5.02 Å². The van der Waals surface area contributed by atoms with Gasteiger partial charge < -0.3 is 0 Å². The zero-order valence-electron chi connectivity index (χ0n) is 15.0. The highest BCUT2D eigenvalue weighted by Gasteiger charge is 2.35. The number of sulfonamides is 1. The predicted octanol–water partition coefficient (Wildman–Crippen LogP) is 4.06. The zero-order valence-corrected chi connectivity index (χ0v) is 16.6. The molecule has 0 saturated heterocycles. The van der Waals surface area contributed by atoms with Gasteiger partial charge in [-0.1, -0.05) is 29.8 Å². The van der Waals surface area contributed by atoms with Gasteiger partial charge in [0.1, 0.15) is 22.1 Å². The third-order valence-electron chi connectivity index (χ3n) is 3.98. The fourth-order valence-electron chi connectivity index (χ4n) is 2.62. The highest BCUT2D eigenvalue weighted by molar-refractivity contribution is 7.92. The van der Waals surface area contributed by atoms with Crippen molar-refractivity contribution in [3.63, 3.8) is 0 Å². The number of nitrogens with one attached hydrogen (secondary N) is 1. The Bertz CT molecular complexity index is 1280. The van der Waals surface area contributed by atoms with Gasteiger partial charge in [0.2, 0.25) is 5.43 Å². The number of hydrogen-bond donors (Lipinski definition) is 1. The minimum atomic E-state index is -4.86. The molecule has 1 N–H and O–H groups in total. The van der Waals surface area contributed by atoms with Gasteiger partial charge in [0.05, 0.1) is 5.02 Å². The maximum Gasteiger partial charge on any atom is 0.433 e. The number of hydrogen-bond acceptors (Lipinski definition) is 4. The topological polar surface area (TPSA) is 81.1 Å². The molecule has 1 heterocycles. The van der Waals surface area contributed by atoms with E-state index in [1.165, 1.54) is 12.1 Å². The van der Waals surface area contributed by atoms with E-state index in [9.17, 15) is 30.8 Å². The highest BCUT2D eigenvalue weighted by Crippen LogP contribution is 2.32. The summed E-state index contributed by atoms with van der Waals surface area (Å²) in [5.41, 5.74) is -3.69. The summed E-state index contributed by atoms with van der Waals surface area (Å²) < 4.78 is 81.3. The number of para-hydroxylation sites is 1. The summed E-state index contributed by atoms with van der Waals surface area (Å²) in [4.78, 5) is 11.6. The van der Waals surface area contributed by atoms with Crippen LogP contribution in [-0.4, -0.2) is 18.2 Å². The van der Waals surface area contributed by atoms with Crippen LogP contribution in [0.5, 0.6) is 0 Å². The van der Waals surface area contributed by atoms with E-state index in [0.717, 1.165) is 13.1 Å². The lowest BCUT2D eigenvalue weighted by atomic mass is 10.1. The first kappa shape index (κ1) is 21.8. The van der Waals surface area contributed by atoms with E-state index in [2.05, 4.69) is 9.82 Å². The average molecular weight is 462 g/mol. The maximum atomic E-state index is 14.5. The lowest BCUT2D eigenvalue weighted by molar-refractivity contribution is -0.144. The third-order valence-corrected chi connectivity index (χ3v) is 5.83. The van der Waals surface area contributed by atoms with Crippen LogP contribution >= 0.6 is 11.6 Å². The fourth-order valence-corrected chi connectivity index (χ4v) is 4.22. The van der Waals surface area contributed by atoms with Gasteiger partial charge in [0, 0.05) is 24.4 Å². The van der Waals surface area contributed by atoms with E-state index in [1.807, 2.05) is 0 Å². The van der Waals surface area contributed by atoms with E-state index in [4.69, 9.17) is 11.6 Å². The standard InChI is InChI=1S/C18H12ClF4N3O3S/c1-26-16(18(21,22)23)9-14(27)17(24-26)11-7-15(12(19)8-13(11)20)30(28,29)25-10-5-3-2-4-6-10/h2-9,25H,1H3. The first-order chi connectivity index (χ1) is 13.9. The van der Waals surface area contributed by atoms with Gasteiger partial charge in [-0.3, -0.25) is 14.2 Å². The lowest BCUT2D eigenvalue weighted by Gasteiger charge is -2.14. The minimum absolute atomic E-state index is 0.197. The second-order valence-corrected chi connectivity index (χ2v) is 8.16. The smallest absolute Gasteiger partial charge is 0.287 e. The molecule has 158 valence electrons. The molecule has 3 aromatic rings. The Balaban J connectivity index is 2.15. The van der Waals surface area contributed by atoms with Gasteiger partial charge in [0.25, 0.3) is 10.0 Å². The van der Waals surface area contributed by atoms with E-state index in [1.54, 1.807) is 18.2 Å². The monoisotopic (exact) mass is 461 g/mol. The Labute approximate surface area is 172 Å². The number of anilines is 1. The summed E-state index contributed by atoms with van der Waals surface area (Å²) in [5, 5.41) is 3.01. The molecule has 0 aliphatic rings. The molecule has 30 heavy (non-hydrogen) atoms. The maximum absolute atomic E-state index is 14.5. The Hall–Kier alpha value is -2.92. The second-order valence-electron chi connectivity index (χ2n) is 6.10. The molecule has 0 unspecified atom stereocenters. The number of rotatable bonds is 4. The fraction of sp³-hybridized carbons (Fsp3) is 0.111. The van der Waals surface area contributed by atoms with Crippen molar-refractivity contribution < 1.29 is 26.0 Å². The highest BCUT2D eigenvalue weighted by atomic mass is 35.5. The molecule has 0 fully saturated rings. The van der Waals surface area contributed by atoms with Crippen LogP contribution < -0.4 is 10.2 Å². The van der Waals surface area contributed by atoms with E-state index < -0.39 is 54.3 Å². The molecule has 1 aromatic heterocycles. The Morgan fingerprint density at radius 2 is 1.73 bits per heavy atom. The summed E-state index contributed by atoms with van der Waals surface area (Å²) in [7, 11) is -3.39. The Morgan fingerprint density at radius 3 is 2.33 bits per heavy atom. The molecule has 0 amide bonds. The third kappa shape index (κ3) is 4.31. The molecule has 12 heteroatoms. The van der Waals surface area contributed by atoms with Crippen molar-refractivity contribution in [3.8, 4) is 11.3 Å². The number of halogens is 5. The largest absolute Gasteiger partial charge is 0.433 e. The van der Waals surface area contributed by atoms with Crippen molar-refractivity contribution in [1.29, 1.82) is 0 Å². The van der Waals surface area contributed by atoms with Gasteiger partial charge >= 0.3 is 6.18 Å². The van der Waals surface area contributed by atoms with Crippen molar-refractivity contribution in [2.45, 2.75) is 11.1 Å². The average Bonchev–Trinajstić information content (AvgIpc) is 2.63. The molecule has 0 radical (unpaired) electrons. The SMILES string of the molecule is Cn1nc(-c2cc(S(=O)(=O)Nc3ccccc3)c(Cl)cc2F)c(=O)cc1C(F)(F)F. The van der Waals surface area contributed by atoms with Crippen LogP contribution in [-0.2, 0) is 23.2 Å². The van der Waals surface area contributed by atoms with Crippen molar-refractivity contribution in [2.24, 2.45) is 7.05 Å². The number of nitrogens with zero attached hydrogens (tertiary/aromatic N) is 2. The van der Waals surface area contributed by atoms with Crippen LogP contribution in [0.1, 0.15) is 5.69 Å². The van der Waals surface area contributed by atoms with E-state index >= 15 is 0 Å². The summed E-state index contributed by atoms with van der Waals surface area (Å²) >= 11 is 5.88. The number of benzene rings is 2. The summed E-state index contributed by atoms with van der Waals surface area (Å²) in [6.07, 6.45) is -4.86. The first-order valence-electron chi connectivity index (χ1n) is 8.13. The predicted molar refractivity (Wildman–Crippen MR) is 102 cm³/mol. The van der Waals surface area contributed by atoms with Crippen LogP contribution in [0.15, 0.2) is 58.2 Å². The van der Waals surface area contributed by atoms with Crippen molar-refractivity contribution in [1.82, 2.24) is 9.78 Å². The minimum Gasteiger partial charge on any atom is -0.287 e. The van der Waals surface area contributed by atoms with E-state index in [0.29, 0.717) is 10.7 Å². The molecular formula is C18H12ClF4N3O3S. The van der Waals surface area contributed by atoms with Gasteiger partial charge in [-0.15, -0.1) is 0 Å². The van der Waals surface area contributed by atoms with Gasteiger partial charge in [-0.05, 0) is 24.3 Å². The molecule has 0 bridgehead atoms. The van der Waals surface area contributed by atoms with Crippen LogP contribution in [0.3, 0.4) is 0 Å². The van der Waals surface area contributed by atoms with Gasteiger partial charge in [-0.25, -0.2) is 12.8 Å². The quantitative estimate of drug-likeness (QED) is 0.594. The summed E-state index contributed by atoms with van der Waals surface area (Å²) in [5.74, 6) is -1.12. The van der Waals surface area contributed by atoms with Crippen LogP contribution in [0.25, 0.3) is 11.3 Å². The summed E-state index contributed by atoms with van der Waals surface area (Å²) in [6.45, 7) is 0. The van der Waals surface area contributed by atoms with Crippen LogP contribution in [0.4, 0.5) is 23.2 Å². The van der Waals surface area contributed by atoms with Crippen molar-refractivity contribution in [3.05, 3.63) is 75.3 Å². The summed E-state index contributed by atoms with van der Waals surface area (Å²) in [6, 6.07) is 9.39.